The van der Waals surface area contributed by atoms with Crippen molar-refractivity contribution in [2.24, 2.45) is 25.9 Å². The molecule has 212 valence electrons. The molecule has 3 unspecified atom stereocenters. The van der Waals surface area contributed by atoms with Gasteiger partial charge < -0.3 is 20.1 Å². The second kappa shape index (κ2) is 10.3. The van der Waals surface area contributed by atoms with Crippen LogP contribution in [0.25, 0.3) is 0 Å². The predicted octanol–water partition coefficient (Wildman–Crippen LogP) is 4.68. The molecule has 2 aliphatic carbocycles. The molecule has 3 aromatic rings. The highest BCUT2D eigenvalue weighted by atomic mass is 35.5. The highest BCUT2D eigenvalue weighted by Gasteiger charge is 2.49. The van der Waals surface area contributed by atoms with Gasteiger partial charge in [0.1, 0.15) is 22.8 Å². The van der Waals surface area contributed by atoms with Crippen LogP contribution in [0.15, 0.2) is 30.6 Å². The number of hydrogen-bond donors (Lipinski definition) is 3. The normalized spacial score (nSPS) is 25.4. The maximum atomic E-state index is 13.5. The maximum Gasteiger partial charge on any atom is 0.282 e. The van der Waals surface area contributed by atoms with Crippen LogP contribution < -0.4 is 5.32 Å². The summed E-state index contributed by atoms with van der Waals surface area (Å²) in [5.41, 5.74) is -2.04. The van der Waals surface area contributed by atoms with E-state index in [0.717, 1.165) is 6.07 Å². The lowest BCUT2D eigenvalue weighted by Gasteiger charge is -2.21. The molecule has 2 heterocycles. The van der Waals surface area contributed by atoms with Gasteiger partial charge in [-0.25, -0.2) is 18.2 Å². The summed E-state index contributed by atoms with van der Waals surface area (Å²) in [6.45, 7) is 1.38. The van der Waals surface area contributed by atoms with Crippen molar-refractivity contribution in [3.8, 4) is 11.8 Å². The molecule has 1 amide bonds. The minimum absolute atomic E-state index is 0.00316. The Kier molecular flexibility index (Phi) is 7.23. The number of anilines is 1. The Labute approximate surface area is 234 Å². The summed E-state index contributed by atoms with van der Waals surface area (Å²) in [7, 11) is 3.18. The third-order valence-electron chi connectivity index (χ3n) is 7.95. The number of carbonyl (C=O) groups excluding carboxylic acids is 1. The van der Waals surface area contributed by atoms with E-state index in [1.165, 1.54) is 36.9 Å². The number of carbonyl (C=O) groups is 1. The number of aliphatic hydroxyl groups is 2. The Morgan fingerprint density at radius 3 is 2.52 bits per heavy atom. The minimum atomic E-state index is -2.78. The van der Waals surface area contributed by atoms with Gasteiger partial charge in [0, 0.05) is 25.7 Å². The molecule has 2 aliphatic rings. The molecule has 40 heavy (non-hydrogen) atoms. The highest BCUT2D eigenvalue weighted by Crippen LogP contribution is 2.54. The molecule has 2 saturated carbocycles. The van der Waals surface area contributed by atoms with E-state index in [9.17, 15) is 28.2 Å². The fourth-order valence-electron chi connectivity index (χ4n) is 6.13. The van der Waals surface area contributed by atoms with Crippen LogP contribution in [0.4, 0.5) is 18.9 Å². The van der Waals surface area contributed by atoms with E-state index in [1.54, 1.807) is 17.9 Å². The van der Waals surface area contributed by atoms with Crippen molar-refractivity contribution in [2.45, 2.75) is 56.2 Å². The van der Waals surface area contributed by atoms with Gasteiger partial charge in [-0.05, 0) is 68.7 Å². The topological polar surface area (TPSA) is 105 Å². The molecule has 0 radical (unpaired) electrons. The second-order valence-electron chi connectivity index (χ2n) is 11.0. The summed E-state index contributed by atoms with van der Waals surface area (Å²) in [5, 5.41) is 28.5. The van der Waals surface area contributed by atoms with E-state index in [1.807, 2.05) is 0 Å². The fraction of sp³-hybridized carbons (Fsp3) is 0.464. The monoisotopic (exact) mass is 575 g/mol. The smallest absolute Gasteiger partial charge is 0.282 e. The second-order valence-corrected chi connectivity index (χ2v) is 11.4. The average Bonchev–Trinajstić information content (AvgIpc) is 3.62. The Balaban J connectivity index is 1.28. The third-order valence-corrected chi connectivity index (χ3v) is 8.23. The van der Waals surface area contributed by atoms with Gasteiger partial charge in [0.05, 0.1) is 22.7 Å². The zero-order valence-electron chi connectivity index (χ0n) is 22.1. The zero-order valence-corrected chi connectivity index (χ0v) is 22.9. The van der Waals surface area contributed by atoms with Gasteiger partial charge in [-0.2, -0.15) is 5.10 Å². The SMILES string of the molecule is Cn1cnc(C2CC3CC(O)(C#CC(C)(O)c4cc(C(F)F)nn4C)CC3C2)c1C(=O)Nc1ccc(F)c(Cl)c1. The van der Waals surface area contributed by atoms with Crippen molar-refractivity contribution in [1.29, 1.82) is 0 Å². The third kappa shape index (κ3) is 5.36. The van der Waals surface area contributed by atoms with Crippen LogP contribution in [0.3, 0.4) is 0 Å². The van der Waals surface area contributed by atoms with Crippen molar-refractivity contribution in [1.82, 2.24) is 19.3 Å². The Bertz CT molecular complexity index is 1510. The van der Waals surface area contributed by atoms with Gasteiger partial charge in [-0.1, -0.05) is 23.4 Å². The molecule has 5 rings (SSSR count). The molecule has 12 heteroatoms. The van der Waals surface area contributed by atoms with Gasteiger partial charge in [0.15, 0.2) is 5.60 Å². The Morgan fingerprint density at radius 2 is 1.93 bits per heavy atom. The number of aromatic nitrogens is 4. The Morgan fingerprint density at radius 1 is 1.25 bits per heavy atom. The molecule has 1 aromatic carbocycles. The predicted molar refractivity (Wildman–Crippen MR) is 141 cm³/mol. The van der Waals surface area contributed by atoms with Crippen molar-refractivity contribution in [3.63, 3.8) is 0 Å². The molecular formula is C28H29ClF3N5O3. The number of halogens is 4. The van der Waals surface area contributed by atoms with Crippen LogP contribution >= 0.6 is 11.6 Å². The number of fused-ring (bicyclic) bond motifs is 1. The lowest BCUT2D eigenvalue weighted by atomic mass is 9.91. The molecule has 2 fully saturated rings. The number of nitrogens with one attached hydrogen (secondary N) is 1. The summed E-state index contributed by atoms with van der Waals surface area (Å²) >= 11 is 5.84. The molecule has 0 aliphatic heterocycles. The summed E-state index contributed by atoms with van der Waals surface area (Å²) in [6.07, 6.45) is 0.967. The molecule has 8 nitrogen and oxygen atoms in total. The first kappa shape index (κ1) is 28.2. The van der Waals surface area contributed by atoms with Crippen LogP contribution in [0, 0.1) is 29.5 Å². The van der Waals surface area contributed by atoms with Crippen LogP contribution in [0.5, 0.6) is 0 Å². The molecular weight excluding hydrogens is 547 g/mol. The average molecular weight is 576 g/mol. The van der Waals surface area contributed by atoms with Gasteiger partial charge in [0.25, 0.3) is 12.3 Å². The van der Waals surface area contributed by atoms with Crippen LogP contribution in [-0.2, 0) is 19.7 Å². The van der Waals surface area contributed by atoms with Gasteiger partial charge in [-0.15, -0.1) is 0 Å². The van der Waals surface area contributed by atoms with Crippen molar-refractivity contribution in [2.75, 3.05) is 5.32 Å². The molecule has 0 spiro atoms. The fourth-order valence-corrected chi connectivity index (χ4v) is 6.31. The van der Waals surface area contributed by atoms with Crippen LogP contribution in [-0.4, -0.2) is 41.1 Å². The lowest BCUT2D eigenvalue weighted by molar-refractivity contribution is 0.0915. The van der Waals surface area contributed by atoms with Crippen LogP contribution in [0.2, 0.25) is 5.02 Å². The minimum Gasteiger partial charge on any atom is -0.378 e. The zero-order chi connectivity index (χ0) is 29.0. The summed E-state index contributed by atoms with van der Waals surface area (Å²) in [5.74, 6) is 4.80. The quantitative estimate of drug-likeness (QED) is 0.383. The van der Waals surface area contributed by atoms with Gasteiger partial charge in [0.2, 0.25) is 0 Å². The first-order chi connectivity index (χ1) is 18.8. The molecule has 0 bridgehead atoms. The highest BCUT2D eigenvalue weighted by molar-refractivity contribution is 6.31. The number of amides is 1. The van der Waals surface area contributed by atoms with Crippen molar-refractivity contribution in [3.05, 3.63) is 64.2 Å². The number of alkyl halides is 2. The van der Waals surface area contributed by atoms with Crippen LogP contribution in [0.1, 0.15) is 72.5 Å². The molecule has 2 aromatic heterocycles. The van der Waals surface area contributed by atoms with Crippen molar-refractivity contribution >= 4 is 23.2 Å². The lowest BCUT2D eigenvalue weighted by Crippen LogP contribution is -2.27. The van der Waals surface area contributed by atoms with E-state index >= 15 is 0 Å². The van der Waals surface area contributed by atoms with E-state index in [2.05, 4.69) is 27.2 Å². The molecule has 3 atom stereocenters. The standard InChI is InChI=1S/C28H29ClF3N5O3/c1-27(39,22-11-21(25(31)32)35-37(22)3)6-7-28(40)12-16-8-15(9-17(16)13-28)23-24(36(2)14-33-23)26(38)34-18-4-5-20(30)19(29)10-18/h4-5,10-11,14-17,25,39-40H,8-9,12-13H2,1-3H3,(H,34,38). The number of nitrogens with zero attached hydrogens (tertiary/aromatic N) is 4. The molecule has 0 saturated heterocycles. The largest absolute Gasteiger partial charge is 0.378 e. The van der Waals surface area contributed by atoms with Crippen molar-refractivity contribution < 1.29 is 28.2 Å². The van der Waals surface area contributed by atoms with Gasteiger partial charge >= 0.3 is 0 Å². The van der Waals surface area contributed by atoms with E-state index in [0.29, 0.717) is 42.8 Å². The number of hydrogen-bond acceptors (Lipinski definition) is 5. The summed E-state index contributed by atoms with van der Waals surface area (Å²) in [4.78, 5) is 17.7. The Hall–Kier alpha value is -3.33. The van der Waals surface area contributed by atoms with E-state index < -0.39 is 29.1 Å². The molecule has 3 N–H and O–H groups in total. The van der Waals surface area contributed by atoms with Gasteiger partial charge in [-0.3, -0.25) is 9.48 Å². The number of aryl methyl sites for hydroxylation is 2. The maximum absolute atomic E-state index is 13.5. The number of benzene rings is 1. The van der Waals surface area contributed by atoms with E-state index in [-0.39, 0.29) is 34.4 Å². The first-order valence-corrected chi connectivity index (χ1v) is 13.2. The first-order valence-electron chi connectivity index (χ1n) is 12.9. The van der Waals surface area contributed by atoms with E-state index in [4.69, 9.17) is 11.6 Å². The number of imidazole rings is 1. The number of rotatable bonds is 5. The summed E-state index contributed by atoms with van der Waals surface area (Å²) < 4.78 is 42.4. The summed E-state index contributed by atoms with van der Waals surface area (Å²) in [6, 6.07) is 5.07.